The molecule has 128 valence electrons. The van der Waals surface area contributed by atoms with Gasteiger partial charge in [-0.3, -0.25) is 9.59 Å². The van der Waals surface area contributed by atoms with Crippen molar-refractivity contribution in [2.45, 2.75) is 6.54 Å². The van der Waals surface area contributed by atoms with Crippen LogP contribution in [0.2, 0.25) is 0 Å². The first-order valence-electron chi connectivity index (χ1n) is 7.63. The highest BCUT2D eigenvalue weighted by atomic mass is 79.9. The maximum absolute atomic E-state index is 12.2. The number of fused-ring (bicyclic) bond motifs is 1. The Kier molecular flexibility index (Phi) is 5.14. The van der Waals surface area contributed by atoms with E-state index in [9.17, 15) is 9.59 Å². The third-order valence-corrected chi connectivity index (χ3v) is 4.13. The van der Waals surface area contributed by atoms with E-state index in [0.717, 1.165) is 4.47 Å². The second-order valence-corrected chi connectivity index (χ2v) is 6.44. The van der Waals surface area contributed by atoms with Gasteiger partial charge in [-0.05, 0) is 30.3 Å². The van der Waals surface area contributed by atoms with Crippen molar-refractivity contribution in [1.29, 1.82) is 0 Å². The van der Waals surface area contributed by atoms with E-state index >= 15 is 0 Å². The van der Waals surface area contributed by atoms with Crippen LogP contribution in [0.3, 0.4) is 0 Å². The molecule has 0 bridgehead atoms. The highest BCUT2D eigenvalue weighted by molar-refractivity contribution is 9.10. The van der Waals surface area contributed by atoms with Crippen molar-refractivity contribution in [3.05, 3.63) is 69.2 Å². The second kappa shape index (κ2) is 7.48. The van der Waals surface area contributed by atoms with E-state index < -0.39 is 0 Å². The molecule has 6 nitrogen and oxygen atoms in total. The Morgan fingerprint density at radius 3 is 2.84 bits per heavy atom. The molecule has 0 unspecified atom stereocenters. The molecule has 0 atom stereocenters. The van der Waals surface area contributed by atoms with Crippen molar-refractivity contribution >= 4 is 32.7 Å². The molecular formula is C18H16BrN3O3. The number of aromatic nitrogens is 2. The highest BCUT2D eigenvalue weighted by Crippen LogP contribution is 2.17. The average molecular weight is 402 g/mol. The molecule has 0 aliphatic rings. The minimum absolute atomic E-state index is 0.0925. The van der Waals surface area contributed by atoms with Crippen molar-refractivity contribution in [2.75, 3.05) is 13.7 Å². The summed E-state index contributed by atoms with van der Waals surface area (Å²) < 4.78 is 6.37. The Bertz CT molecular complexity index is 971. The zero-order valence-corrected chi connectivity index (χ0v) is 15.1. The van der Waals surface area contributed by atoms with Crippen LogP contribution >= 0.6 is 15.9 Å². The fourth-order valence-corrected chi connectivity index (χ4v) is 2.71. The van der Waals surface area contributed by atoms with Gasteiger partial charge in [-0.1, -0.05) is 34.1 Å². The Hall–Kier alpha value is -2.67. The lowest BCUT2D eigenvalue weighted by Gasteiger charge is -2.17. The molecule has 1 aromatic heterocycles. The summed E-state index contributed by atoms with van der Waals surface area (Å²) >= 11 is 3.35. The lowest BCUT2D eigenvalue weighted by molar-refractivity contribution is -0.132. The Morgan fingerprint density at radius 2 is 2.04 bits per heavy atom. The topological polar surface area (TPSA) is 75.3 Å². The normalized spacial score (nSPS) is 10.6. The van der Waals surface area contributed by atoms with Gasteiger partial charge in [0.15, 0.2) is 6.61 Å². The van der Waals surface area contributed by atoms with Gasteiger partial charge >= 0.3 is 0 Å². The molecule has 0 aliphatic carbocycles. The molecule has 0 spiro atoms. The van der Waals surface area contributed by atoms with Gasteiger partial charge in [0.2, 0.25) is 0 Å². The number of rotatable bonds is 5. The molecule has 0 aliphatic heterocycles. The minimum Gasteiger partial charge on any atom is -0.484 e. The predicted octanol–water partition coefficient (Wildman–Crippen LogP) is 2.72. The summed E-state index contributed by atoms with van der Waals surface area (Å²) in [6.07, 6.45) is 0. The average Bonchev–Trinajstić information content (AvgIpc) is 2.60. The molecule has 3 aromatic rings. The Balaban J connectivity index is 1.66. The third-order valence-electron chi connectivity index (χ3n) is 3.63. The number of halogens is 1. The zero-order valence-electron chi connectivity index (χ0n) is 13.5. The third kappa shape index (κ3) is 4.24. The van der Waals surface area contributed by atoms with Crippen LogP contribution in [0.4, 0.5) is 0 Å². The molecule has 0 fully saturated rings. The lowest BCUT2D eigenvalue weighted by Crippen LogP contribution is -2.32. The van der Waals surface area contributed by atoms with Crippen molar-refractivity contribution in [1.82, 2.24) is 14.9 Å². The molecule has 0 radical (unpaired) electrons. The maximum Gasteiger partial charge on any atom is 0.260 e. The molecule has 1 N–H and O–H groups in total. The number of nitrogens with zero attached hydrogens (tertiary/aromatic N) is 2. The van der Waals surface area contributed by atoms with Gasteiger partial charge in [-0.25, -0.2) is 4.98 Å². The minimum atomic E-state index is -0.216. The van der Waals surface area contributed by atoms with Gasteiger partial charge in [0.25, 0.3) is 11.5 Å². The predicted molar refractivity (Wildman–Crippen MR) is 98.5 cm³/mol. The molecule has 1 heterocycles. The molecule has 1 amide bonds. The first-order valence-corrected chi connectivity index (χ1v) is 8.42. The number of para-hydroxylation sites is 1. The summed E-state index contributed by atoms with van der Waals surface area (Å²) in [6.45, 7) is 0.103. The number of hydrogen-bond acceptors (Lipinski definition) is 4. The molecule has 0 saturated carbocycles. The van der Waals surface area contributed by atoms with E-state index in [4.69, 9.17) is 4.74 Å². The van der Waals surface area contributed by atoms with Crippen LogP contribution in [-0.4, -0.2) is 34.4 Å². The number of H-pyrrole nitrogens is 1. The second-order valence-electron chi connectivity index (χ2n) is 5.53. The van der Waals surface area contributed by atoms with E-state index in [0.29, 0.717) is 22.5 Å². The van der Waals surface area contributed by atoms with Crippen molar-refractivity contribution in [3.8, 4) is 5.75 Å². The van der Waals surface area contributed by atoms with Gasteiger partial charge in [-0.15, -0.1) is 0 Å². The smallest absolute Gasteiger partial charge is 0.260 e. The standard InChI is InChI=1S/C18H16BrN3O3/c1-22(17(23)11-25-13-6-4-5-12(19)9-13)10-16-20-15-8-3-2-7-14(15)18(24)21-16/h2-9H,10-11H2,1H3,(H,20,21,24). The van der Waals surface area contributed by atoms with E-state index in [1.807, 2.05) is 18.2 Å². The number of aromatic amines is 1. The number of likely N-dealkylation sites (N-methyl/N-ethyl adjacent to an activating group) is 1. The summed E-state index contributed by atoms with van der Waals surface area (Å²) in [5.74, 6) is 0.825. The molecular weight excluding hydrogens is 386 g/mol. The van der Waals surface area contributed by atoms with Gasteiger partial charge in [0.1, 0.15) is 11.6 Å². The lowest BCUT2D eigenvalue weighted by atomic mass is 10.2. The number of ether oxygens (including phenoxy) is 1. The first kappa shape index (κ1) is 17.2. The Morgan fingerprint density at radius 1 is 1.24 bits per heavy atom. The quantitative estimate of drug-likeness (QED) is 0.712. The largest absolute Gasteiger partial charge is 0.484 e. The molecule has 7 heteroatoms. The van der Waals surface area contributed by atoms with E-state index in [2.05, 4.69) is 25.9 Å². The summed E-state index contributed by atoms with van der Waals surface area (Å²) in [5, 5.41) is 0.526. The Labute approximate surface area is 152 Å². The first-order chi connectivity index (χ1) is 12.0. The van der Waals surface area contributed by atoms with Crippen molar-refractivity contribution < 1.29 is 9.53 Å². The number of nitrogens with one attached hydrogen (secondary N) is 1. The van der Waals surface area contributed by atoms with Crippen LogP contribution in [-0.2, 0) is 11.3 Å². The van der Waals surface area contributed by atoms with Crippen molar-refractivity contribution in [3.63, 3.8) is 0 Å². The summed E-state index contributed by atoms with van der Waals surface area (Å²) in [4.78, 5) is 32.9. The number of carbonyl (C=O) groups excluding carboxylic acids is 1. The van der Waals surface area contributed by atoms with E-state index in [1.54, 1.807) is 37.4 Å². The highest BCUT2D eigenvalue weighted by Gasteiger charge is 2.12. The van der Waals surface area contributed by atoms with E-state index in [1.165, 1.54) is 4.90 Å². The molecule has 2 aromatic carbocycles. The van der Waals surface area contributed by atoms with Crippen molar-refractivity contribution in [2.24, 2.45) is 0 Å². The van der Waals surface area contributed by atoms with Crippen LogP contribution in [0.5, 0.6) is 5.75 Å². The van der Waals surface area contributed by atoms with Crippen LogP contribution < -0.4 is 10.3 Å². The number of hydrogen-bond donors (Lipinski definition) is 1. The monoisotopic (exact) mass is 401 g/mol. The van der Waals surface area contributed by atoms with Gasteiger partial charge in [0, 0.05) is 11.5 Å². The van der Waals surface area contributed by atoms with Crippen LogP contribution in [0.25, 0.3) is 10.9 Å². The summed E-state index contributed by atoms with van der Waals surface area (Å²) in [7, 11) is 1.64. The maximum atomic E-state index is 12.2. The van der Waals surface area contributed by atoms with Crippen LogP contribution in [0.1, 0.15) is 5.82 Å². The number of amides is 1. The van der Waals surface area contributed by atoms with Gasteiger partial charge in [0.05, 0.1) is 17.4 Å². The van der Waals surface area contributed by atoms with Crippen LogP contribution in [0.15, 0.2) is 57.8 Å². The van der Waals surface area contributed by atoms with Gasteiger partial charge < -0.3 is 14.6 Å². The summed E-state index contributed by atoms with van der Waals surface area (Å²) in [6, 6.07) is 14.4. The fraction of sp³-hybridized carbons (Fsp3) is 0.167. The molecule has 25 heavy (non-hydrogen) atoms. The summed E-state index contributed by atoms with van der Waals surface area (Å²) in [5.41, 5.74) is 0.388. The van der Waals surface area contributed by atoms with E-state index in [-0.39, 0.29) is 24.6 Å². The SMILES string of the molecule is CN(Cc1nc2ccccc2c(=O)[nH]1)C(=O)COc1cccc(Br)c1. The number of benzene rings is 2. The zero-order chi connectivity index (χ0) is 17.8. The van der Waals surface area contributed by atoms with Crippen LogP contribution in [0, 0.1) is 0 Å². The fourth-order valence-electron chi connectivity index (χ4n) is 2.33. The van der Waals surface area contributed by atoms with Gasteiger partial charge in [-0.2, -0.15) is 0 Å². The molecule has 0 saturated heterocycles. The number of carbonyl (C=O) groups is 1. The molecule has 3 rings (SSSR count).